The Hall–Kier alpha value is -1.43. The van der Waals surface area contributed by atoms with Gasteiger partial charge in [-0.3, -0.25) is 0 Å². The third kappa shape index (κ3) is 3.95. The van der Waals surface area contributed by atoms with Crippen LogP contribution < -0.4 is 15.9 Å². The van der Waals surface area contributed by atoms with Gasteiger partial charge in [0.1, 0.15) is 0 Å². The highest BCUT2D eigenvalue weighted by Crippen LogP contribution is 2.40. The van der Waals surface area contributed by atoms with Gasteiger partial charge in [0.2, 0.25) is 0 Å². The molecule has 0 amide bonds. The predicted molar refractivity (Wildman–Crippen MR) is 121 cm³/mol. The summed E-state index contributed by atoms with van der Waals surface area (Å²) >= 11 is 3.83. The van der Waals surface area contributed by atoms with Crippen LogP contribution in [0.15, 0.2) is 77.3 Å². The molecule has 0 saturated carbocycles. The highest BCUT2D eigenvalue weighted by molar-refractivity contribution is 9.10. The van der Waals surface area contributed by atoms with E-state index in [9.17, 15) is 0 Å². The van der Waals surface area contributed by atoms with Crippen LogP contribution in [0.4, 0.5) is 0 Å². The molecule has 134 valence electrons. The maximum absolute atomic E-state index is 3.83. The van der Waals surface area contributed by atoms with Gasteiger partial charge in [0, 0.05) is 4.47 Å². The lowest BCUT2D eigenvalue weighted by molar-refractivity contribution is 0.872. The van der Waals surface area contributed by atoms with Crippen LogP contribution in [0.3, 0.4) is 0 Å². The number of hydrogen-bond donors (Lipinski definition) is 0. The van der Waals surface area contributed by atoms with Crippen LogP contribution in [0.5, 0.6) is 0 Å². The summed E-state index contributed by atoms with van der Waals surface area (Å²) in [6.45, 7) is 9.17. The molecule has 3 rings (SSSR count). The molecule has 0 fully saturated rings. The van der Waals surface area contributed by atoms with E-state index in [0.717, 1.165) is 0 Å². The maximum Gasteiger partial charge on any atom is 0.0258 e. The van der Waals surface area contributed by atoms with Crippen molar-refractivity contribution < 1.29 is 0 Å². The first-order valence-electron chi connectivity index (χ1n) is 9.23. The van der Waals surface area contributed by atoms with Gasteiger partial charge in [-0.1, -0.05) is 110 Å². The van der Waals surface area contributed by atoms with E-state index in [1.807, 2.05) is 0 Å². The first-order chi connectivity index (χ1) is 12.5. The highest BCUT2D eigenvalue weighted by Gasteiger charge is 2.24. The summed E-state index contributed by atoms with van der Waals surface area (Å²) in [5.41, 5.74) is 2.90. The molecule has 0 aliphatic carbocycles. The standard InChI is InChI=1S/C24H26BrP/c1-17(2)19-11-5-8-14-22(19)26(24-16-10-7-13-21(24)25)23-15-9-6-12-20(23)18(3)4/h5-18H,1-4H3. The van der Waals surface area contributed by atoms with Gasteiger partial charge in [-0.25, -0.2) is 0 Å². The molecule has 0 aromatic heterocycles. The summed E-state index contributed by atoms with van der Waals surface area (Å²) in [4.78, 5) is 0. The molecular weight excluding hydrogens is 399 g/mol. The summed E-state index contributed by atoms with van der Waals surface area (Å²) < 4.78 is 1.20. The third-order valence-electron chi connectivity index (χ3n) is 4.69. The largest absolute Gasteiger partial charge is 0.0619 e. The van der Waals surface area contributed by atoms with Gasteiger partial charge in [-0.15, -0.1) is 0 Å². The molecule has 0 atom stereocenters. The fraction of sp³-hybridized carbons (Fsp3) is 0.250. The van der Waals surface area contributed by atoms with Crippen LogP contribution >= 0.6 is 23.9 Å². The van der Waals surface area contributed by atoms with Crippen molar-refractivity contribution in [1.82, 2.24) is 0 Å². The molecule has 0 N–H and O–H groups in total. The van der Waals surface area contributed by atoms with Crippen molar-refractivity contribution in [2.45, 2.75) is 39.5 Å². The second-order valence-corrected chi connectivity index (χ2v) is 10.2. The summed E-state index contributed by atoms with van der Waals surface area (Å²) in [5.74, 6) is 1.01. The summed E-state index contributed by atoms with van der Waals surface area (Å²) in [6, 6.07) is 26.7. The lowest BCUT2D eigenvalue weighted by atomic mass is 10.0. The average molecular weight is 425 g/mol. The molecule has 0 spiro atoms. The van der Waals surface area contributed by atoms with E-state index < -0.39 is 7.92 Å². The molecule has 3 aromatic carbocycles. The molecule has 0 bridgehead atoms. The van der Waals surface area contributed by atoms with Crippen LogP contribution in [-0.4, -0.2) is 0 Å². The zero-order valence-electron chi connectivity index (χ0n) is 15.9. The Morgan fingerprint density at radius 1 is 0.577 bits per heavy atom. The van der Waals surface area contributed by atoms with Crippen molar-refractivity contribution in [3.05, 3.63) is 88.4 Å². The molecule has 3 aromatic rings. The Kier molecular flexibility index (Phi) is 6.33. The van der Waals surface area contributed by atoms with E-state index in [1.54, 1.807) is 0 Å². The molecule has 0 heterocycles. The average Bonchev–Trinajstić information content (AvgIpc) is 2.64. The predicted octanol–water partition coefficient (Wildman–Crippen LogP) is 6.45. The highest BCUT2D eigenvalue weighted by atomic mass is 79.9. The first kappa shape index (κ1) is 19.3. The molecule has 0 aliphatic heterocycles. The minimum Gasteiger partial charge on any atom is -0.0619 e. The summed E-state index contributed by atoms with van der Waals surface area (Å²) in [6.07, 6.45) is 0. The Morgan fingerprint density at radius 3 is 1.38 bits per heavy atom. The number of hydrogen-bond acceptors (Lipinski definition) is 0. The van der Waals surface area contributed by atoms with E-state index in [-0.39, 0.29) is 0 Å². The smallest absolute Gasteiger partial charge is 0.0258 e. The van der Waals surface area contributed by atoms with Crippen molar-refractivity contribution >= 4 is 39.8 Å². The van der Waals surface area contributed by atoms with E-state index in [4.69, 9.17) is 0 Å². The molecule has 0 unspecified atom stereocenters. The molecule has 26 heavy (non-hydrogen) atoms. The normalized spacial score (nSPS) is 11.5. The molecule has 0 aliphatic rings. The lowest BCUT2D eigenvalue weighted by Gasteiger charge is -2.27. The topological polar surface area (TPSA) is 0 Å². The first-order valence-corrected chi connectivity index (χ1v) is 11.4. The van der Waals surface area contributed by atoms with E-state index >= 15 is 0 Å². The minimum absolute atomic E-state index is 0.505. The van der Waals surface area contributed by atoms with Crippen molar-refractivity contribution in [1.29, 1.82) is 0 Å². The Morgan fingerprint density at radius 2 is 0.962 bits per heavy atom. The Balaban J connectivity index is 2.32. The monoisotopic (exact) mass is 424 g/mol. The fourth-order valence-corrected chi connectivity index (χ4v) is 7.15. The fourth-order valence-electron chi connectivity index (χ4n) is 3.38. The van der Waals surface area contributed by atoms with Crippen molar-refractivity contribution in [2.75, 3.05) is 0 Å². The van der Waals surface area contributed by atoms with Gasteiger partial charge >= 0.3 is 0 Å². The van der Waals surface area contributed by atoms with Gasteiger partial charge in [-0.2, -0.15) is 0 Å². The molecular formula is C24H26BrP. The zero-order valence-corrected chi connectivity index (χ0v) is 18.4. The summed E-state index contributed by atoms with van der Waals surface area (Å²) in [5, 5.41) is 4.33. The van der Waals surface area contributed by atoms with Crippen molar-refractivity contribution in [2.24, 2.45) is 0 Å². The van der Waals surface area contributed by atoms with Crippen molar-refractivity contribution in [3.8, 4) is 0 Å². The van der Waals surface area contributed by atoms with E-state index in [0.29, 0.717) is 11.8 Å². The van der Waals surface area contributed by atoms with Gasteiger partial charge in [-0.05, 0) is 52.9 Å². The summed E-state index contributed by atoms with van der Waals surface area (Å²) in [7, 11) is -0.620. The Labute approximate surface area is 167 Å². The zero-order chi connectivity index (χ0) is 18.7. The Bertz CT molecular complexity index is 831. The van der Waals surface area contributed by atoms with E-state index in [2.05, 4.69) is 116 Å². The SMILES string of the molecule is CC(C)c1ccccc1P(c1ccccc1Br)c1ccccc1C(C)C. The van der Waals surface area contributed by atoms with Gasteiger partial charge in [0.05, 0.1) is 0 Å². The molecule has 0 saturated heterocycles. The number of halogens is 1. The van der Waals surface area contributed by atoms with Crippen molar-refractivity contribution in [3.63, 3.8) is 0 Å². The van der Waals surface area contributed by atoms with Gasteiger partial charge in [0.25, 0.3) is 0 Å². The van der Waals surface area contributed by atoms with E-state index in [1.165, 1.54) is 31.5 Å². The number of benzene rings is 3. The van der Waals surface area contributed by atoms with Crippen LogP contribution in [-0.2, 0) is 0 Å². The molecule has 0 nitrogen and oxygen atoms in total. The lowest BCUT2D eigenvalue weighted by Crippen LogP contribution is -2.27. The van der Waals surface area contributed by atoms with Crippen LogP contribution in [0, 0.1) is 0 Å². The van der Waals surface area contributed by atoms with Crippen LogP contribution in [0.25, 0.3) is 0 Å². The van der Waals surface area contributed by atoms with Gasteiger partial charge < -0.3 is 0 Å². The molecule has 0 radical (unpaired) electrons. The second kappa shape index (κ2) is 8.51. The third-order valence-corrected chi connectivity index (χ3v) is 8.34. The number of rotatable bonds is 5. The van der Waals surface area contributed by atoms with Crippen LogP contribution in [0.2, 0.25) is 0 Å². The quantitative estimate of drug-likeness (QED) is 0.412. The molecule has 2 heteroatoms. The van der Waals surface area contributed by atoms with Gasteiger partial charge in [0.15, 0.2) is 0 Å². The van der Waals surface area contributed by atoms with Crippen LogP contribution in [0.1, 0.15) is 50.7 Å². The maximum atomic E-state index is 3.83. The second-order valence-electron chi connectivity index (χ2n) is 7.21. The minimum atomic E-state index is -0.620.